The van der Waals surface area contributed by atoms with E-state index in [0.717, 1.165) is 24.3 Å². The van der Waals surface area contributed by atoms with Crippen LogP contribution in [0.1, 0.15) is 16.2 Å². The Bertz CT molecular complexity index is 1120. The van der Waals surface area contributed by atoms with Gasteiger partial charge in [0.25, 0.3) is 15.7 Å². The van der Waals surface area contributed by atoms with E-state index in [9.17, 15) is 26.4 Å². The number of nitrogens with one attached hydrogen (secondary N) is 1. The molecule has 2 aromatic carbocycles. The smallest absolute Gasteiger partial charge is 0.322 e. The van der Waals surface area contributed by atoms with E-state index >= 15 is 0 Å². The Morgan fingerprint density at radius 1 is 1.11 bits per heavy atom. The molecule has 0 aliphatic heterocycles. The number of aryl methyl sites for hydroxylation is 1. The van der Waals surface area contributed by atoms with Crippen LogP contribution in [0.15, 0.2) is 53.4 Å². The first kappa shape index (κ1) is 19.5. The van der Waals surface area contributed by atoms with Crippen LogP contribution in [-0.2, 0) is 9.84 Å². The zero-order valence-corrected chi connectivity index (χ0v) is 15.0. The van der Waals surface area contributed by atoms with Crippen LogP contribution in [0.25, 0.3) is 5.69 Å². The van der Waals surface area contributed by atoms with Crippen LogP contribution >= 0.6 is 0 Å². The summed E-state index contributed by atoms with van der Waals surface area (Å²) in [6.45, 7) is 1.70. The van der Waals surface area contributed by atoms with Gasteiger partial charge in [-0.1, -0.05) is 6.07 Å². The van der Waals surface area contributed by atoms with Gasteiger partial charge >= 0.3 is 5.51 Å². The van der Waals surface area contributed by atoms with Crippen molar-refractivity contribution < 1.29 is 26.4 Å². The van der Waals surface area contributed by atoms with Crippen LogP contribution in [0, 0.1) is 6.92 Å². The summed E-state index contributed by atoms with van der Waals surface area (Å²) < 4.78 is 61.9. The third kappa shape index (κ3) is 3.71. The molecular formula is C16H12F3N5O3S. The van der Waals surface area contributed by atoms with Gasteiger partial charge in [-0.2, -0.15) is 17.9 Å². The highest BCUT2D eigenvalue weighted by molar-refractivity contribution is 7.92. The maximum atomic E-state index is 12.6. The van der Waals surface area contributed by atoms with E-state index < -0.39 is 26.1 Å². The molecule has 0 atom stereocenters. The first-order valence-electron chi connectivity index (χ1n) is 7.68. The summed E-state index contributed by atoms with van der Waals surface area (Å²) >= 11 is 0. The number of rotatable bonds is 4. The number of carbonyl (C=O) groups is 1. The fourth-order valence-corrected chi connectivity index (χ4v) is 3.07. The molecule has 3 rings (SSSR count). The molecule has 1 amide bonds. The highest BCUT2D eigenvalue weighted by atomic mass is 32.2. The predicted molar refractivity (Wildman–Crippen MR) is 91.5 cm³/mol. The van der Waals surface area contributed by atoms with Gasteiger partial charge in [0.2, 0.25) is 0 Å². The third-order valence-electron chi connectivity index (χ3n) is 3.71. The second-order valence-corrected chi connectivity index (χ2v) is 7.56. The van der Waals surface area contributed by atoms with Crippen molar-refractivity contribution >= 4 is 21.4 Å². The largest absolute Gasteiger partial charge is 0.501 e. The molecule has 0 radical (unpaired) electrons. The van der Waals surface area contributed by atoms with Crippen molar-refractivity contribution in [1.29, 1.82) is 0 Å². The summed E-state index contributed by atoms with van der Waals surface area (Å²) in [5.41, 5.74) is -4.44. The maximum absolute atomic E-state index is 12.6. The molecule has 0 saturated carbocycles. The minimum atomic E-state index is -5.47. The number of nitrogens with zero attached hydrogens (tertiary/aromatic N) is 4. The molecule has 12 heteroatoms. The van der Waals surface area contributed by atoms with Gasteiger partial charge in [0, 0.05) is 11.3 Å². The van der Waals surface area contributed by atoms with E-state index in [1.807, 2.05) is 0 Å². The Morgan fingerprint density at radius 3 is 2.36 bits per heavy atom. The molecule has 0 aliphatic rings. The third-order valence-corrected chi connectivity index (χ3v) is 5.21. The first-order chi connectivity index (χ1) is 13.1. The molecule has 8 nitrogen and oxygen atoms in total. The molecule has 3 aromatic rings. The summed E-state index contributed by atoms with van der Waals surface area (Å²) in [6, 6.07) is 10.1. The number of hydrogen-bond donors (Lipinski definition) is 1. The normalized spacial score (nSPS) is 12.0. The van der Waals surface area contributed by atoms with Crippen molar-refractivity contribution in [3.8, 4) is 5.69 Å². The Balaban J connectivity index is 1.80. The second kappa shape index (κ2) is 7.03. The molecule has 0 bridgehead atoms. The molecule has 0 spiro atoms. The molecule has 1 heterocycles. The van der Waals surface area contributed by atoms with Crippen LogP contribution < -0.4 is 5.32 Å². The summed E-state index contributed by atoms with van der Waals surface area (Å²) in [4.78, 5) is 11.4. The molecule has 1 N–H and O–H groups in total. The maximum Gasteiger partial charge on any atom is 0.501 e. The standard InChI is InChI=1S/C16H12F3N5O3S/c1-10-21-22-23-24(10)13-4-2-3-12(9-13)20-15(25)11-5-7-14(8-6-11)28(26,27)16(17,18)19/h2-9H,1H3,(H,20,25). The molecule has 1 aromatic heterocycles. The number of anilines is 1. The SMILES string of the molecule is Cc1nnnn1-c1cccc(NC(=O)c2ccc(S(=O)(=O)C(F)(F)F)cc2)c1. The lowest BCUT2D eigenvalue weighted by Crippen LogP contribution is -2.23. The van der Waals surface area contributed by atoms with Gasteiger partial charge < -0.3 is 5.32 Å². The quantitative estimate of drug-likeness (QED) is 0.707. The topological polar surface area (TPSA) is 107 Å². The molecule has 0 saturated heterocycles. The Morgan fingerprint density at radius 2 is 1.79 bits per heavy atom. The Kier molecular flexibility index (Phi) is 4.89. The van der Waals surface area contributed by atoms with E-state index in [4.69, 9.17) is 0 Å². The first-order valence-corrected chi connectivity index (χ1v) is 9.16. The van der Waals surface area contributed by atoms with Crippen LogP contribution in [0.2, 0.25) is 0 Å². The number of carbonyl (C=O) groups excluding carboxylic acids is 1. The lowest BCUT2D eigenvalue weighted by atomic mass is 10.2. The van der Waals surface area contributed by atoms with E-state index in [0.29, 0.717) is 17.2 Å². The van der Waals surface area contributed by atoms with Crippen LogP contribution in [-0.4, -0.2) is 40.0 Å². The average molecular weight is 411 g/mol. The number of tetrazole rings is 1. The van der Waals surface area contributed by atoms with Gasteiger partial charge in [-0.25, -0.2) is 8.42 Å². The molecule has 0 unspecified atom stereocenters. The number of alkyl halides is 3. The zero-order chi connectivity index (χ0) is 20.5. The van der Waals surface area contributed by atoms with Crippen LogP contribution in [0.5, 0.6) is 0 Å². The van der Waals surface area contributed by atoms with Crippen LogP contribution in [0.3, 0.4) is 0 Å². The van der Waals surface area contributed by atoms with Gasteiger partial charge in [-0.3, -0.25) is 4.79 Å². The molecule has 0 aliphatic carbocycles. The molecule has 0 fully saturated rings. The number of benzene rings is 2. The van der Waals surface area contributed by atoms with Gasteiger partial charge in [0.15, 0.2) is 5.82 Å². The number of hydrogen-bond acceptors (Lipinski definition) is 6. The minimum absolute atomic E-state index is 0.00914. The zero-order valence-electron chi connectivity index (χ0n) is 14.2. The fourth-order valence-electron chi connectivity index (χ4n) is 2.31. The summed E-state index contributed by atoms with van der Waals surface area (Å²) in [7, 11) is -5.47. The number of aromatic nitrogens is 4. The minimum Gasteiger partial charge on any atom is -0.322 e. The predicted octanol–water partition coefficient (Wildman–Crippen LogP) is 2.52. The van der Waals surface area contributed by atoms with E-state index in [1.165, 1.54) is 4.68 Å². The summed E-state index contributed by atoms with van der Waals surface area (Å²) in [5.74, 6) is -0.0912. The van der Waals surface area contributed by atoms with Gasteiger partial charge in [-0.15, -0.1) is 5.10 Å². The van der Waals surface area contributed by atoms with Gasteiger partial charge in [-0.05, 0) is 59.8 Å². The van der Waals surface area contributed by atoms with Gasteiger partial charge in [0.05, 0.1) is 10.6 Å². The van der Waals surface area contributed by atoms with Crippen molar-refractivity contribution in [2.24, 2.45) is 0 Å². The molecule has 28 heavy (non-hydrogen) atoms. The van der Waals surface area contributed by atoms with E-state index in [2.05, 4.69) is 20.8 Å². The molecule has 146 valence electrons. The lowest BCUT2D eigenvalue weighted by Gasteiger charge is -2.10. The monoisotopic (exact) mass is 411 g/mol. The second-order valence-electron chi connectivity index (χ2n) is 5.62. The highest BCUT2D eigenvalue weighted by Gasteiger charge is 2.46. The van der Waals surface area contributed by atoms with Crippen molar-refractivity contribution in [2.75, 3.05) is 5.32 Å². The number of sulfone groups is 1. The van der Waals surface area contributed by atoms with Crippen molar-refractivity contribution in [3.05, 3.63) is 59.9 Å². The van der Waals surface area contributed by atoms with E-state index in [-0.39, 0.29) is 5.56 Å². The summed E-state index contributed by atoms with van der Waals surface area (Å²) in [6.07, 6.45) is 0. The van der Waals surface area contributed by atoms with E-state index in [1.54, 1.807) is 31.2 Å². The highest BCUT2D eigenvalue weighted by Crippen LogP contribution is 2.30. The number of amides is 1. The fraction of sp³-hybridized carbons (Fsp3) is 0.125. The van der Waals surface area contributed by atoms with Crippen molar-refractivity contribution in [3.63, 3.8) is 0 Å². The Labute approximate surface area is 156 Å². The van der Waals surface area contributed by atoms with Gasteiger partial charge in [0.1, 0.15) is 0 Å². The molecular weight excluding hydrogens is 399 g/mol. The van der Waals surface area contributed by atoms with Crippen LogP contribution in [0.4, 0.5) is 18.9 Å². The van der Waals surface area contributed by atoms with Crippen molar-refractivity contribution in [2.45, 2.75) is 17.3 Å². The average Bonchev–Trinajstić information content (AvgIpc) is 3.07. The summed E-state index contributed by atoms with van der Waals surface area (Å²) in [5, 5.41) is 13.7. The number of halogens is 3. The van der Waals surface area contributed by atoms with Crippen molar-refractivity contribution in [1.82, 2.24) is 20.2 Å². The lowest BCUT2D eigenvalue weighted by molar-refractivity contribution is -0.0436. The Hall–Kier alpha value is -3.28.